The van der Waals surface area contributed by atoms with Gasteiger partial charge in [0.15, 0.2) is 0 Å². The fourth-order valence-corrected chi connectivity index (χ4v) is 6.91. The third-order valence-electron chi connectivity index (χ3n) is 8.60. The standard InChI is InChI=1S/C28H35ClN4O.ClH/c29-23-12-11-22-10-9-21-6-1-2-7-24(21)32(25(22)20-23)16-5-15-31-18-13-28(14-19-31)27(34)30-26-8-3-4-17-33(26)28;/h1-2,6-7,11-12,20,26H,3-5,8-10,13-19H2,(H,30,34);1H. The molecule has 0 aromatic heterocycles. The Morgan fingerprint density at radius 1 is 0.943 bits per heavy atom. The van der Waals surface area contributed by atoms with Gasteiger partial charge in [0.25, 0.3) is 0 Å². The number of amides is 1. The van der Waals surface area contributed by atoms with Crippen molar-refractivity contribution < 1.29 is 4.79 Å². The number of likely N-dealkylation sites (tertiary alicyclic amines) is 1. The molecule has 1 amide bonds. The van der Waals surface area contributed by atoms with Crippen molar-refractivity contribution in [1.82, 2.24) is 15.1 Å². The van der Waals surface area contributed by atoms with Gasteiger partial charge in [-0.05, 0) is 87.2 Å². The summed E-state index contributed by atoms with van der Waals surface area (Å²) >= 11 is 6.43. The molecule has 4 aliphatic rings. The number of carbonyl (C=O) groups excluding carboxylic acids is 1. The first-order valence-corrected chi connectivity index (χ1v) is 13.5. The molecule has 0 bridgehead atoms. The molecule has 1 unspecified atom stereocenters. The lowest BCUT2D eigenvalue weighted by Gasteiger charge is -2.45. The highest BCUT2D eigenvalue weighted by atomic mass is 35.5. The molecule has 3 saturated heterocycles. The van der Waals surface area contributed by atoms with Crippen molar-refractivity contribution >= 4 is 41.3 Å². The zero-order chi connectivity index (χ0) is 23.1. The van der Waals surface area contributed by atoms with Crippen LogP contribution < -0.4 is 10.2 Å². The number of carbonyl (C=O) groups is 1. The predicted octanol–water partition coefficient (Wildman–Crippen LogP) is 5.17. The summed E-state index contributed by atoms with van der Waals surface area (Å²) in [6.07, 6.45) is 8.97. The number of nitrogens with one attached hydrogen (secondary N) is 1. The van der Waals surface area contributed by atoms with Crippen LogP contribution in [0.5, 0.6) is 0 Å². The normalized spacial score (nSPS) is 23.6. The number of aryl methyl sites for hydroxylation is 2. The van der Waals surface area contributed by atoms with Gasteiger partial charge in [0, 0.05) is 42.6 Å². The van der Waals surface area contributed by atoms with Crippen LogP contribution in [0.3, 0.4) is 0 Å². The molecule has 188 valence electrons. The lowest BCUT2D eigenvalue weighted by Crippen LogP contribution is -2.58. The zero-order valence-electron chi connectivity index (χ0n) is 20.3. The van der Waals surface area contributed by atoms with E-state index in [0.29, 0.717) is 0 Å². The lowest BCUT2D eigenvalue weighted by molar-refractivity contribution is -0.129. The monoisotopic (exact) mass is 514 g/mol. The topological polar surface area (TPSA) is 38.8 Å². The minimum Gasteiger partial charge on any atom is -0.341 e. The maximum Gasteiger partial charge on any atom is 0.241 e. The third kappa shape index (κ3) is 4.57. The van der Waals surface area contributed by atoms with E-state index in [-0.39, 0.29) is 30.0 Å². The summed E-state index contributed by atoms with van der Waals surface area (Å²) in [5.41, 5.74) is 5.12. The van der Waals surface area contributed by atoms with Crippen molar-refractivity contribution in [2.24, 2.45) is 0 Å². The molecule has 4 heterocycles. The number of anilines is 2. The molecule has 1 spiro atoms. The van der Waals surface area contributed by atoms with Crippen LogP contribution in [0.1, 0.15) is 49.7 Å². The Balaban J connectivity index is 0.00000253. The van der Waals surface area contributed by atoms with Gasteiger partial charge < -0.3 is 15.1 Å². The van der Waals surface area contributed by atoms with Gasteiger partial charge in [-0.3, -0.25) is 9.69 Å². The Kier molecular flexibility index (Phi) is 7.32. The van der Waals surface area contributed by atoms with Crippen LogP contribution >= 0.6 is 24.0 Å². The van der Waals surface area contributed by atoms with E-state index in [1.165, 1.54) is 35.3 Å². The molecule has 1 N–H and O–H groups in total. The minimum atomic E-state index is -0.249. The maximum absolute atomic E-state index is 12.9. The Morgan fingerprint density at radius 3 is 2.54 bits per heavy atom. The number of halogens is 2. The van der Waals surface area contributed by atoms with Crippen molar-refractivity contribution in [2.45, 2.75) is 63.1 Å². The molecule has 0 aliphatic carbocycles. The number of rotatable bonds is 4. The summed E-state index contributed by atoms with van der Waals surface area (Å²) in [6, 6.07) is 15.2. The number of fused-ring (bicyclic) bond motifs is 4. The largest absolute Gasteiger partial charge is 0.341 e. The summed E-state index contributed by atoms with van der Waals surface area (Å²) in [7, 11) is 0. The van der Waals surface area contributed by atoms with Crippen LogP contribution in [0.4, 0.5) is 11.4 Å². The fourth-order valence-electron chi connectivity index (χ4n) is 6.75. The second-order valence-electron chi connectivity index (χ2n) is 10.5. The number of hydrogen-bond acceptors (Lipinski definition) is 4. The molecule has 6 rings (SSSR count). The van der Waals surface area contributed by atoms with Crippen molar-refractivity contribution in [3.05, 3.63) is 58.6 Å². The third-order valence-corrected chi connectivity index (χ3v) is 8.83. The molecule has 3 fully saturated rings. The SMILES string of the molecule is Cl.O=C1NC2CCCCN2C12CCN(CCCN1c3ccccc3CCc3ccc(Cl)cc31)CC2. The minimum absolute atomic E-state index is 0. The van der Waals surface area contributed by atoms with Crippen LogP contribution in [0.25, 0.3) is 0 Å². The summed E-state index contributed by atoms with van der Waals surface area (Å²) in [5.74, 6) is 0.286. The highest BCUT2D eigenvalue weighted by Crippen LogP contribution is 2.39. The quantitative estimate of drug-likeness (QED) is 0.611. The van der Waals surface area contributed by atoms with E-state index in [4.69, 9.17) is 11.6 Å². The van der Waals surface area contributed by atoms with Gasteiger partial charge in [-0.2, -0.15) is 0 Å². The fraction of sp³-hybridized carbons (Fsp3) is 0.536. The van der Waals surface area contributed by atoms with Gasteiger partial charge in [-0.15, -0.1) is 12.4 Å². The first-order chi connectivity index (χ1) is 16.6. The van der Waals surface area contributed by atoms with E-state index in [1.54, 1.807) is 0 Å². The lowest BCUT2D eigenvalue weighted by atomic mass is 9.85. The van der Waals surface area contributed by atoms with Crippen molar-refractivity contribution in [3.63, 3.8) is 0 Å². The maximum atomic E-state index is 12.9. The van der Waals surface area contributed by atoms with Gasteiger partial charge >= 0.3 is 0 Å². The van der Waals surface area contributed by atoms with Crippen molar-refractivity contribution in [2.75, 3.05) is 37.6 Å². The molecule has 35 heavy (non-hydrogen) atoms. The van der Waals surface area contributed by atoms with Gasteiger partial charge in [0.1, 0.15) is 5.54 Å². The summed E-state index contributed by atoms with van der Waals surface area (Å²) in [6.45, 7) is 5.13. The van der Waals surface area contributed by atoms with Crippen molar-refractivity contribution in [1.29, 1.82) is 0 Å². The van der Waals surface area contributed by atoms with Gasteiger partial charge in [0.2, 0.25) is 5.91 Å². The van der Waals surface area contributed by atoms with Crippen molar-refractivity contribution in [3.8, 4) is 0 Å². The molecule has 5 nitrogen and oxygen atoms in total. The van der Waals surface area contributed by atoms with E-state index < -0.39 is 0 Å². The second-order valence-corrected chi connectivity index (χ2v) is 10.9. The van der Waals surface area contributed by atoms with Crippen LogP contribution in [-0.4, -0.2) is 60.1 Å². The summed E-state index contributed by atoms with van der Waals surface area (Å²) in [4.78, 5) is 20.5. The van der Waals surface area contributed by atoms with E-state index in [1.807, 2.05) is 6.07 Å². The summed E-state index contributed by atoms with van der Waals surface area (Å²) < 4.78 is 0. The van der Waals surface area contributed by atoms with E-state index >= 15 is 0 Å². The van der Waals surface area contributed by atoms with Gasteiger partial charge in [-0.25, -0.2) is 0 Å². The zero-order valence-corrected chi connectivity index (χ0v) is 21.9. The smallest absolute Gasteiger partial charge is 0.241 e. The predicted molar refractivity (Wildman–Crippen MR) is 145 cm³/mol. The molecule has 0 radical (unpaired) electrons. The van der Waals surface area contributed by atoms with Crippen LogP contribution in [0.15, 0.2) is 42.5 Å². The molecule has 7 heteroatoms. The highest BCUT2D eigenvalue weighted by molar-refractivity contribution is 6.30. The van der Waals surface area contributed by atoms with E-state index in [2.05, 4.69) is 56.4 Å². The van der Waals surface area contributed by atoms with Gasteiger partial charge in [-0.1, -0.05) is 35.9 Å². The summed E-state index contributed by atoms with van der Waals surface area (Å²) in [5, 5.41) is 4.10. The molecular weight excluding hydrogens is 479 g/mol. The Bertz CT molecular complexity index is 1070. The average Bonchev–Trinajstić information content (AvgIpc) is 3.03. The van der Waals surface area contributed by atoms with Crippen LogP contribution in [-0.2, 0) is 17.6 Å². The van der Waals surface area contributed by atoms with E-state index in [0.717, 1.165) is 76.3 Å². The molecule has 1 atom stereocenters. The Hall–Kier alpha value is -1.79. The second kappa shape index (κ2) is 10.3. The number of benzene rings is 2. The molecule has 0 saturated carbocycles. The molecule has 2 aromatic carbocycles. The number of para-hydroxylation sites is 1. The number of piperidine rings is 2. The molecule has 2 aromatic rings. The number of hydrogen-bond donors (Lipinski definition) is 1. The van der Waals surface area contributed by atoms with Crippen LogP contribution in [0.2, 0.25) is 5.02 Å². The molecule has 4 aliphatic heterocycles. The Labute approximate surface area is 220 Å². The van der Waals surface area contributed by atoms with E-state index in [9.17, 15) is 4.79 Å². The first-order valence-electron chi connectivity index (χ1n) is 13.1. The first kappa shape index (κ1) is 24.9. The average molecular weight is 516 g/mol. The van der Waals surface area contributed by atoms with Crippen LogP contribution in [0, 0.1) is 0 Å². The van der Waals surface area contributed by atoms with Gasteiger partial charge in [0.05, 0.1) is 6.17 Å². The number of nitrogens with zero attached hydrogens (tertiary/aromatic N) is 3. The molecular formula is C28H36Cl2N4O. The Morgan fingerprint density at radius 2 is 1.71 bits per heavy atom. The highest BCUT2D eigenvalue weighted by Gasteiger charge is 2.54.